The van der Waals surface area contributed by atoms with Gasteiger partial charge in [-0.2, -0.15) is 0 Å². The average molecular weight is 301 g/mol. The lowest BCUT2D eigenvalue weighted by Gasteiger charge is -2.13. The number of carbonyl (C=O) groups is 1. The molecule has 0 spiro atoms. The second kappa shape index (κ2) is 5.22. The molecule has 1 aromatic rings. The number of carbonyl (C=O) groups excluding carboxylic acids is 1. The number of amides is 1. The largest absolute Gasteiger partial charge is 0.574 e. The fraction of sp³-hybridized carbons (Fsp3) is 0.250. The number of hydrogen-bond donors (Lipinski definition) is 1. The van der Waals surface area contributed by atoms with E-state index in [1.165, 1.54) is 0 Å². The van der Waals surface area contributed by atoms with E-state index < -0.39 is 46.3 Å². The Labute approximate surface area is 106 Å². The Bertz CT molecular complexity index is 560. The van der Waals surface area contributed by atoms with Crippen LogP contribution in [0.5, 0.6) is 5.88 Å². The minimum absolute atomic E-state index is 0.120. The molecule has 1 aromatic heterocycles. The number of halogens is 5. The zero-order valence-corrected chi connectivity index (χ0v) is 9.15. The number of nitrogens with two attached hydrogens (primary N) is 1. The van der Waals surface area contributed by atoms with Crippen molar-refractivity contribution >= 4 is 11.6 Å². The first-order valence-electron chi connectivity index (χ1n) is 4.55. The van der Waals surface area contributed by atoms with Gasteiger partial charge in [-0.1, -0.05) is 0 Å². The third kappa shape index (κ3) is 3.27. The molecular formula is C8H4F5N3O4. The molecule has 0 bridgehead atoms. The summed E-state index contributed by atoms with van der Waals surface area (Å²) in [6.45, 7) is 0. The Morgan fingerprint density at radius 1 is 1.45 bits per heavy atom. The van der Waals surface area contributed by atoms with Gasteiger partial charge in [-0.15, -0.1) is 13.2 Å². The van der Waals surface area contributed by atoms with Gasteiger partial charge in [-0.05, 0) is 0 Å². The first kappa shape index (κ1) is 15.5. The molecule has 0 saturated heterocycles. The van der Waals surface area contributed by atoms with Gasteiger partial charge in [0.1, 0.15) is 17.3 Å². The van der Waals surface area contributed by atoms with Crippen molar-refractivity contribution in [2.45, 2.75) is 12.8 Å². The normalized spacial score (nSPS) is 11.5. The highest BCUT2D eigenvalue weighted by Gasteiger charge is 2.38. The molecule has 12 heteroatoms. The van der Waals surface area contributed by atoms with E-state index in [2.05, 4.69) is 15.5 Å². The number of primary amides is 1. The first-order chi connectivity index (χ1) is 9.04. The van der Waals surface area contributed by atoms with Crippen molar-refractivity contribution in [2.24, 2.45) is 5.73 Å². The number of alkyl halides is 5. The van der Waals surface area contributed by atoms with E-state index in [0.717, 1.165) is 0 Å². The second-order valence-corrected chi connectivity index (χ2v) is 3.21. The van der Waals surface area contributed by atoms with Gasteiger partial charge in [0.15, 0.2) is 0 Å². The van der Waals surface area contributed by atoms with Crippen LogP contribution in [-0.4, -0.2) is 22.2 Å². The van der Waals surface area contributed by atoms with Crippen LogP contribution in [0, 0.1) is 10.1 Å². The smallest absolute Gasteiger partial charge is 0.387 e. The fourth-order valence-corrected chi connectivity index (χ4v) is 1.29. The van der Waals surface area contributed by atoms with E-state index in [4.69, 9.17) is 0 Å². The predicted molar refractivity (Wildman–Crippen MR) is 51.0 cm³/mol. The molecule has 0 unspecified atom stereocenters. The highest BCUT2D eigenvalue weighted by molar-refractivity contribution is 5.97. The van der Waals surface area contributed by atoms with E-state index in [0.29, 0.717) is 0 Å². The Kier molecular flexibility index (Phi) is 4.06. The van der Waals surface area contributed by atoms with Crippen LogP contribution in [0.3, 0.4) is 0 Å². The number of rotatable bonds is 4. The molecule has 0 saturated carbocycles. The SMILES string of the molecule is NC(=O)c1c(OC(F)(F)F)ncc([N+](=O)[O-])c1C(F)F. The highest BCUT2D eigenvalue weighted by Crippen LogP contribution is 2.36. The van der Waals surface area contributed by atoms with Gasteiger partial charge in [0.2, 0.25) is 5.88 Å². The first-order valence-corrected chi connectivity index (χ1v) is 4.55. The zero-order valence-electron chi connectivity index (χ0n) is 9.15. The minimum atomic E-state index is -5.34. The molecule has 1 heterocycles. The summed E-state index contributed by atoms with van der Waals surface area (Å²) in [5, 5.41) is 10.5. The minimum Gasteiger partial charge on any atom is -0.387 e. The molecule has 0 aromatic carbocycles. The zero-order chi connectivity index (χ0) is 15.7. The van der Waals surface area contributed by atoms with Gasteiger partial charge in [0.05, 0.1) is 4.92 Å². The van der Waals surface area contributed by atoms with Crippen molar-refractivity contribution in [1.29, 1.82) is 0 Å². The van der Waals surface area contributed by atoms with Crippen molar-refractivity contribution in [2.75, 3.05) is 0 Å². The lowest BCUT2D eigenvalue weighted by Crippen LogP contribution is -2.23. The number of ether oxygens (including phenoxy) is 1. The molecule has 0 aliphatic heterocycles. The lowest BCUT2D eigenvalue weighted by atomic mass is 10.1. The molecule has 0 fully saturated rings. The predicted octanol–water partition coefficient (Wildman–Crippen LogP) is 1.92. The summed E-state index contributed by atoms with van der Waals surface area (Å²) in [7, 11) is 0. The number of nitrogens with zero attached hydrogens (tertiary/aromatic N) is 2. The van der Waals surface area contributed by atoms with Crippen molar-refractivity contribution in [3.63, 3.8) is 0 Å². The van der Waals surface area contributed by atoms with Crippen LogP contribution in [-0.2, 0) is 0 Å². The molecule has 0 radical (unpaired) electrons. The van der Waals surface area contributed by atoms with Crippen LogP contribution in [0.1, 0.15) is 22.3 Å². The van der Waals surface area contributed by atoms with Gasteiger partial charge in [0, 0.05) is 0 Å². The molecule has 1 rings (SSSR count). The van der Waals surface area contributed by atoms with Crippen molar-refractivity contribution < 1.29 is 36.4 Å². The molecule has 20 heavy (non-hydrogen) atoms. The molecular weight excluding hydrogens is 297 g/mol. The topological polar surface area (TPSA) is 108 Å². The monoisotopic (exact) mass is 301 g/mol. The maximum absolute atomic E-state index is 12.7. The Morgan fingerprint density at radius 2 is 2.00 bits per heavy atom. The Morgan fingerprint density at radius 3 is 2.35 bits per heavy atom. The molecule has 7 nitrogen and oxygen atoms in total. The molecule has 2 N–H and O–H groups in total. The van der Waals surface area contributed by atoms with E-state index in [-0.39, 0.29) is 6.20 Å². The number of aromatic nitrogens is 1. The third-order valence-corrected chi connectivity index (χ3v) is 1.94. The number of nitro groups is 1. The quantitative estimate of drug-likeness (QED) is 0.519. The van der Waals surface area contributed by atoms with Gasteiger partial charge < -0.3 is 10.5 Å². The summed E-state index contributed by atoms with van der Waals surface area (Å²) in [4.78, 5) is 23.0. The maximum atomic E-state index is 12.7. The molecule has 0 aliphatic carbocycles. The fourth-order valence-electron chi connectivity index (χ4n) is 1.29. The van der Waals surface area contributed by atoms with E-state index in [1.54, 1.807) is 0 Å². The van der Waals surface area contributed by atoms with Crippen LogP contribution in [0.2, 0.25) is 0 Å². The van der Waals surface area contributed by atoms with Crippen molar-refractivity contribution in [3.05, 3.63) is 27.4 Å². The van der Waals surface area contributed by atoms with E-state index in [9.17, 15) is 36.9 Å². The summed E-state index contributed by atoms with van der Waals surface area (Å²) >= 11 is 0. The van der Waals surface area contributed by atoms with Gasteiger partial charge in [-0.25, -0.2) is 13.8 Å². The molecule has 0 atom stereocenters. The lowest BCUT2D eigenvalue weighted by molar-refractivity contribution is -0.386. The summed E-state index contributed by atoms with van der Waals surface area (Å²) in [5.41, 5.74) is 0.234. The summed E-state index contributed by atoms with van der Waals surface area (Å²) in [6.07, 6.45) is -8.85. The third-order valence-electron chi connectivity index (χ3n) is 1.94. The maximum Gasteiger partial charge on any atom is 0.574 e. The van der Waals surface area contributed by atoms with Crippen molar-refractivity contribution in [3.8, 4) is 5.88 Å². The molecule has 110 valence electrons. The van der Waals surface area contributed by atoms with Crippen LogP contribution in [0.25, 0.3) is 0 Å². The summed E-state index contributed by atoms with van der Waals surface area (Å²) in [5.74, 6) is -3.35. The Balaban J connectivity index is 3.61. The van der Waals surface area contributed by atoms with Crippen LogP contribution in [0.15, 0.2) is 6.20 Å². The van der Waals surface area contributed by atoms with Crippen LogP contribution >= 0.6 is 0 Å². The summed E-state index contributed by atoms with van der Waals surface area (Å²) < 4.78 is 64.9. The van der Waals surface area contributed by atoms with E-state index >= 15 is 0 Å². The number of pyridine rings is 1. The van der Waals surface area contributed by atoms with Gasteiger partial charge in [-0.3, -0.25) is 14.9 Å². The molecule has 1 amide bonds. The van der Waals surface area contributed by atoms with Gasteiger partial charge in [0.25, 0.3) is 18.0 Å². The summed E-state index contributed by atoms with van der Waals surface area (Å²) in [6, 6.07) is 0. The highest BCUT2D eigenvalue weighted by atomic mass is 19.4. The van der Waals surface area contributed by atoms with Crippen molar-refractivity contribution in [1.82, 2.24) is 4.98 Å². The number of hydrogen-bond acceptors (Lipinski definition) is 5. The van der Waals surface area contributed by atoms with Crippen LogP contribution in [0.4, 0.5) is 27.6 Å². The Hall–Kier alpha value is -2.53. The van der Waals surface area contributed by atoms with Crippen LogP contribution < -0.4 is 10.5 Å². The van der Waals surface area contributed by atoms with Gasteiger partial charge >= 0.3 is 6.36 Å². The standard InChI is InChI=1S/C8H4F5N3O4/c9-5(10)3-2(16(18)19)1-15-7(4(3)6(14)17)20-8(11,12)13/h1,5H,(H2,14,17). The average Bonchev–Trinajstić information content (AvgIpc) is 2.24. The molecule has 0 aliphatic rings. The second-order valence-electron chi connectivity index (χ2n) is 3.21. The van der Waals surface area contributed by atoms with E-state index in [1.807, 2.05) is 0 Å².